The second-order valence-electron chi connectivity index (χ2n) is 5.19. The molecular weight excluding hydrogens is 248 g/mol. The van der Waals surface area contributed by atoms with Gasteiger partial charge in [0.2, 0.25) is 0 Å². The molecule has 1 heterocycles. The topological polar surface area (TPSA) is 20.3 Å². The molecule has 19 heavy (non-hydrogen) atoms. The van der Waals surface area contributed by atoms with Gasteiger partial charge in [-0.25, -0.2) is 8.78 Å². The van der Waals surface area contributed by atoms with Gasteiger partial charge in [-0.1, -0.05) is 18.9 Å². The first-order chi connectivity index (χ1) is 9.09. The molecule has 1 aliphatic rings. The zero-order chi connectivity index (χ0) is 13.8. The Labute approximate surface area is 112 Å². The molecule has 1 saturated heterocycles. The molecule has 2 nitrogen and oxygen atoms in total. The van der Waals surface area contributed by atoms with Gasteiger partial charge in [0.25, 0.3) is 0 Å². The van der Waals surface area contributed by atoms with E-state index in [0.717, 1.165) is 44.4 Å². The first-order valence-electron chi connectivity index (χ1n) is 6.81. The maximum Gasteiger partial charge on any atom is 0.182 e. The van der Waals surface area contributed by atoms with Crippen LogP contribution in [-0.2, 0) is 0 Å². The van der Waals surface area contributed by atoms with Gasteiger partial charge in [-0.15, -0.1) is 0 Å². The molecule has 0 spiro atoms. The van der Waals surface area contributed by atoms with Crippen LogP contribution >= 0.6 is 0 Å². The third-order valence-corrected chi connectivity index (χ3v) is 3.78. The number of ketones is 1. The van der Waals surface area contributed by atoms with Gasteiger partial charge in [0.1, 0.15) is 11.6 Å². The molecule has 1 aliphatic heterocycles. The summed E-state index contributed by atoms with van der Waals surface area (Å²) < 4.78 is 27.1. The summed E-state index contributed by atoms with van der Waals surface area (Å²) in [6.07, 6.45) is 4.38. The fraction of sp³-hybridized carbons (Fsp3) is 0.533. The molecule has 0 amide bonds. The van der Waals surface area contributed by atoms with Crippen molar-refractivity contribution in [1.82, 2.24) is 4.90 Å². The number of hydrogen-bond donors (Lipinski definition) is 0. The molecule has 4 heteroatoms. The summed E-state index contributed by atoms with van der Waals surface area (Å²) in [5.74, 6) is -2.01. The van der Waals surface area contributed by atoms with Crippen LogP contribution in [0.3, 0.4) is 0 Å². The predicted octanol–water partition coefficient (Wildman–Crippen LogP) is 3.41. The van der Waals surface area contributed by atoms with E-state index in [1.807, 2.05) is 4.90 Å². The van der Waals surface area contributed by atoms with E-state index >= 15 is 0 Å². The van der Waals surface area contributed by atoms with Crippen molar-refractivity contribution >= 4 is 5.78 Å². The van der Waals surface area contributed by atoms with Crippen molar-refractivity contribution in [1.29, 1.82) is 0 Å². The first-order valence-corrected chi connectivity index (χ1v) is 6.81. The maximum absolute atomic E-state index is 13.6. The molecular formula is C15H19F2NO. The summed E-state index contributed by atoms with van der Waals surface area (Å²) in [7, 11) is 0. The predicted molar refractivity (Wildman–Crippen MR) is 70.2 cm³/mol. The van der Waals surface area contributed by atoms with E-state index in [1.165, 1.54) is 6.07 Å². The average Bonchev–Trinajstić information content (AvgIpc) is 2.55. The Bertz CT molecular complexity index is 441. The minimum absolute atomic E-state index is 0.0962. The highest BCUT2D eigenvalue weighted by atomic mass is 19.1. The lowest BCUT2D eigenvalue weighted by Crippen LogP contribution is -2.37. The van der Waals surface area contributed by atoms with E-state index in [-0.39, 0.29) is 6.54 Å². The quantitative estimate of drug-likeness (QED) is 0.782. The lowest BCUT2D eigenvalue weighted by molar-refractivity contribution is 0.0893. The lowest BCUT2D eigenvalue weighted by atomic mass is 10.1. The highest BCUT2D eigenvalue weighted by Gasteiger charge is 2.23. The van der Waals surface area contributed by atoms with Crippen LogP contribution in [0.2, 0.25) is 0 Å². The molecule has 0 radical (unpaired) electrons. The van der Waals surface area contributed by atoms with E-state index in [9.17, 15) is 13.6 Å². The van der Waals surface area contributed by atoms with Gasteiger partial charge >= 0.3 is 0 Å². The molecule has 1 fully saturated rings. The summed E-state index contributed by atoms with van der Waals surface area (Å²) in [5, 5.41) is 0. The Morgan fingerprint density at radius 2 is 1.95 bits per heavy atom. The highest BCUT2D eigenvalue weighted by Crippen LogP contribution is 2.18. The van der Waals surface area contributed by atoms with E-state index in [1.54, 1.807) is 0 Å². The van der Waals surface area contributed by atoms with Crippen LogP contribution in [0.15, 0.2) is 18.2 Å². The van der Waals surface area contributed by atoms with Gasteiger partial charge in [0.05, 0.1) is 12.1 Å². The van der Waals surface area contributed by atoms with Crippen LogP contribution in [0.5, 0.6) is 0 Å². The van der Waals surface area contributed by atoms with Crippen molar-refractivity contribution in [3.63, 3.8) is 0 Å². The number of halogens is 2. The molecule has 0 bridgehead atoms. The molecule has 1 aromatic rings. The van der Waals surface area contributed by atoms with Crippen LogP contribution in [0.1, 0.15) is 43.0 Å². The smallest absolute Gasteiger partial charge is 0.182 e. The number of carbonyl (C=O) groups is 1. The van der Waals surface area contributed by atoms with Gasteiger partial charge in [-0.3, -0.25) is 9.69 Å². The fourth-order valence-corrected chi connectivity index (χ4v) is 2.60. The Balaban J connectivity index is 2.12. The summed E-state index contributed by atoms with van der Waals surface area (Å²) in [5.41, 5.74) is -0.404. The minimum Gasteiger partial charge on any atom is -0.293 e. The zero-order valence-electron chi connectivity index (χ0n) is 11.2. The Hall–Kier alpha value is -1.29. The number of nitrogens with zero attached hydrogens (tertiary/aromatic N) is 1. The van der Waals surface area contributed by atoms with Gasteiger partial charge in [0, 0.05) is 6.04 Å². The van der Waals surface area contributed by atoms with Gasteiger partial charge in [0.15, 0.2) is 5.78 Å². The second kappa shape index (κ2) is 6.24. The van der Waals surface area contributed by atoms with Gasteiger partial charge < -0.3 is 0 Å². The first kappa shape index (κ1) is 14.1. The summed E-state index contributed by atoms with van der Waals surface area (Å²) >= 11 is 0. The molecule has 1 atom stereocenters. The average molecular weight is 267 g/mol. The van der Waals surface area contributed by atoms with Gasteiger partial charge in [-0.05, 0) is 38.4 Å². The normalized spacial score (nSPS) is 21.1. The SMILES string of the molecule is CC1CCCCCN1CC(=O)c1c(F)cccc1F. The largest absolute Gasteiger partial charge is 0.293 e. The van der Waals surface area contributed by atoms with Crippen molar-refractivity contribution in [3.05, 3.63) is 35.4 Å². The van der Waals surface area contributed by atoms with Crippen LogP contribution in [0, 0.1) is 11.6 Å². The molecule has 0 N–H and O–H groups in total. The van der Waals surface area contributed by atoms with E-state index in [4.69, 9.17) is 0 Å². The molecule has 1 aromatic carbocycles. The highest BCUT2D eigenvalue weighted by molar-refractivity contribution is 5.98. The molecule has 0 saturated carbocycles. The van der Waals surface area contributed by atoms with Crippen LogP contribution in [0.25, 0.3) is 0 Å². The number of Topliss-reactive ketones (excluding diaryl/α,β-unsaturated/α-hetero) is 1. The number of benzene rings is 1. The van der Waals surface area contributed by atoms with Crippen molar-refractivity contribution in [2.45, 2.75) is 38.6 Å². The van der Waals surface area contributed by atoms with Crippen molar-refractivity contribution in [2.24, 2.45) is 0 Å². The van der Waals surface area contributed by atoms with Crippen molar-refractivity contribution in [2.75, 3.05) is 13.1 Å². The maximum atomic E-state index is 13.6. The van der Waals surface area contributed by atoms with E-state index in [0.29, 0.717) is 6.04 Å². The van der Waals surface area contributed by atoms with Crippen LogP contribution < -0.4 is 0 Å². The molecule has 0 aliphatic carbocycles. The standard InChI is InChI=1S/C15H19F2NO/c1-11-6-3-2-4-9-18(11)10-14(19)15-12(16)7-5-8-13(15)17/h5,7-8,11H,2-4,6,9-10H2,1H3. The third kappa shape index (κ3) is 3.38. The summed E-state index contributed by atoms with van der Waals surface area (Å²) in [6.45, 7) is 2.98. The zero-order valence-corrected chi connectivity index (χ0v) is 11.2. The Morgan fingerprint density at radius 3 is 2.63 bits per heavy atom. The van der Waals surface area contributed by atoms with Crippen molar-refractivity contribution in [3.8, 4) is 0 Å². The van der Waals surface area contributed by atoms with Gasteiger partial charge in [-0.2, -0.15) is 0 Å². The Morgan fingerprint density at radius 1 is 1.26 bits per heavy atom. The molecule has 2 rings (SSSR count). The van der Waals surface area contributed by atoms with E-state index in [2.05, 4.69) is 6.92 Å². The Kier molecular flexibility index (Phi) is 4.64. The monoisotopic (exact) mass is 267 g/mol. The van der Waals surface area contributed by atoms with Crippen molar-refractivity contribution < 1.29 is 13.6 Å². The lowest BCUT2D eigenvalue weighted by Gasteiger charge is -2.26. The third-order valence-electron chi connectivity index (χ3n) is 3.78. The number of rotatable bonds is 3. The van der Waals surface area contributed by atoms with Crippen LogP contribution in [-0.4, -0.2) is 29.8 Å². The second-order valence-corrected chi connectivity index (χ2v) is 5.19. The fourth-order valence-electron chi connectivity index (χ4n) is 2.60. The summed E-state index contributed by atoms with van der Waals surface area (Å²) in [6, 6.07) is 3.82. The van der Waals surface area contributed by atoms with E-state index < -0.39 is 23.0 Å². The minimum atomic E-state index is -0.771. The van der Waals surface area contributed by atoms with Crippen LogP contribution in [0.4, 0.5) is 8.78 Å². The molecule has 104 valence electrons. The number of hydrogen-bond acceptors (Lipinski definition) is 2. The molecule has 0 aromatic heterocycles. The number of carbonyl (C=O) groups excluding carboxylic acids is 1. The number of likely N-dealkylation sites (tertiary alicyclic amines) is 1. The molecule has 1 unspecified atom stereocenters. The summed E-state index contributed by atoms with van der Waals surface area (Å²) in [4.78, 5) is 14.1.